The lowest BCUT2D eigenvalue weighted by atomic mass is 10.1. The molecule has 0 amide bonds. The zero-order valence-corrected chi connectivity index (χ0v) is 13.0. The third-order valence-corrected chi connectivity index (χ3v) is 9.22. The maximum Gasteiger partial charge on any atom is 0.111 e. The van der Waals surface area contributed by atoms with Crippen LogP contribution in [0.25, 0.3) is 0 Å². The zero-order chi connectivity index (χ0) is 13.2. The molecule has 0 radical (unpaired) electrons. The smallest absolute Gasteiger partial charge is 0.0806 e. The molecule has 1 aromatic rings. The summed E-state index contributed by atoms with van der Waals surface area (Å²) >= 11 is 0. The van der Waals surface area contributed by atoms with E-state index in [9.17, 15) is 0 Å². The van der Waals surface area contributed by atoms with Gasteiger partial charge in [-0.2, -0.15) is 0 Å². The molecule has 0 saturated carbocycles. The average Bonchev–Trinajstić information content (AvgIpc) is 2.89. The van der Waals surface area contributed by atoms with Gasteiger partial charge in [-0.3, -0.25) is 0 Å². The van der Waals surface area contributed by atoms with Crippen molar-refractivity contribution in [2.24, 2.45) is 5.92 Å². The lowest BCUT2D eigenvalue weighted by Gasteiger charge is -2.31. The molecule has 1 aromatic carbocycles. The number of allylic oxidation sites excluding steroid dienone is 4. The molecular formula is C17H24Si. The molecule has 0 aliphatic heterocycles. The molecule has 0 heterocycles. The van der Waals surface area contributed by atoms with Crippen LogP contribution < -0.4 is 5.19 Å². The van der Waals surface area contributed by atoms with E-state index in [0.29, 0.717) is 5.92 Å². The van der Waals surface area contributed by atoms with Crippen molar-refractivity contribution < 1.29 is 0 Å². The van der Waals surface area contributed by atoms with Gasteiger partial charge in [-0.1, -0.05) is 86.2 Å². The molecule has 96 valence electrons. The van der Waals surface area contributed by atoms with Crippen LogP contribution in [-0.4, -0.2) is 8.07 Å². The van der Waals surface area contributed by atoms with Crippen LogP contribution in [0.2, 0.25) is 12.6 Å². The molecule has 0 fully saturated rings. The summed E-state index contributed by atoms with van der Waals surface area (Å²) in [6.45, 7) is 9.54. The van der Waals surface area contributed by atoms with Crippen LogP contribution >= 0.6 is 0 Å². The first-order valence-electron chi connectivity index (χ1n) is 7.05. The van der Waals surface area contributed by atoms with E-state index in [-0.39, 0.29) is 0 Å². The number of hydrogen-bond donors (Lipinski definition) is 0. The van der Waals surface area contributed by atoms with Gasteiger partial charge in [0.1, 0.15) is 8.07 Å². The highest BCUT2D eigenvalue weighted by atomic mass is 28.3. The van der Waals surface area contributed by atoms with Gasteiger partial charge in [0.05, 0.1) is 0 Å². The zero-order valence-electron chi connectivity index (χ0n) is 12.0. The Hall–Kier alpha value is -1.08. The average molecular weight is 256 g/mol. The van der Waals surface area contributed by atoms with Gasteiger partial charge in [0.2, 0.25) is 0 Å². The van der Waals surface area contributed by atoms with Crippen molar-refractivity contribution in [3.05, 3.63) is 53.3 Å². The molecule has 1 unspecified atom stereocenters. The van der Waals surface area contributed by atoms with E-state index in [1.54, 1.807) is 16.0 Å². The molecule has 0 spiro atoms. The van der Waals surface area contributed by atoms with Crippen molar-refractivity contribution in [1.82, 2.24) is 0 Å². The Kier molecular flexibility index (Phi) is 3.91. The lowest BCUT2D eigenvalue weighted by molar-refractivity contribution is 0.789. The van der Waals surface area contributed by atoms with Gasteiger partial charge >= 0.3 is 0 Å². The summed E-state index contributed by atoms with van der Waals surface area (Å²) in [6, 6.07) is 12.5. The van der Waals surface area contributed by atoms with Gasteiger partial charge in [-0.05, 0) is 17.9 Å². The summed E-state index contributed by atoms with van der Waals surface area (Å²) in [4.78, 5) is 0. The molecule has 1 heteroatoms. The normalized spacial score (nSPS) is 18.5. The molecule has 1 aliphatic rings. The highest BCUT2D eigenvalue weighted by Crippen LogP contribution is 2.34. The van der Waals surface area contributed by atoms with Crippen LogP contribution in [0.3, 0.4) is 0 Å². The van der Waals surface area contributed by atoms with Crippen molar-refractivity contribution >= 4 is 13.3 Å². The SMILES string of the molecule is CC[Si](C)(C1=C(C(C)C)C=CC1)c1ccccc1. The topological polar surface area (TPSA) is 0 Å². The number of benzene rings is 1. The largest absolute Gasteiger partial charge is 0.111 e. The minimum atomic E-state index is -1.48. The fourth-order valence-electron chi connectivity index (χ4n) is 3.00. The molecule has 0 bridgehead atoms. The van der Waals surface area contributed by atoms with E-state index >= 15 is 0 Å². The monoisotopic (exact) mass is 256 g/mol. The molecular weight excluding hydrogens is 232 g/mol. The molecule has 1 aliphatic carbocycles. The third-order valence-electron chi connectivity index (χ3n) is 4.37. The minimum absolute atomic E-state index is 0.654. The van der Waals surface area contributed by atoms with Crippen molar-refractivity contribution in [3.8, 4) is 0 Å². The summed E-state index contributed by atoms with van der Waals surface area (Å²) in [5.74, 6) is 0.654. The number of hydrogen-bond acceptors (Lipinski definition) is 0. The fraction of sp³-hybridized carbons (Fsp3) is 0.412. The summed E-state index contributed by atoms with van der Waals surface area (Å²) < 4.78 is 0. The van der Waals surface area contributed by atoms with Crippen molar-refractivity contribution in [2.45, 2.75) is 39.8 Å². The minimum Gasteiger partial charge on any atom is -0.0806 e. The summed E-state index contributed by atoms with van der Waals surface area (Å²) in [5, 5.41) is 3.34. The molecule has 2 rings (SSSR count). The standard InChI is InChI=1S/C17H24Si/c1-5-18(4,15-10-7-6-8-11-15)17-13-9-12-16(17)14(2)3/h6-12,14H,5,13H2,1-4H3. The quantitative estimate of drug-likeness (QED) is 0.699. The predicted octanol–water partition coefficient (Wildman–Crippen LogP) is 4.44. The number of rotatable bonds is 4. The van der Waals surface area contributed by atoms with Crippen LogP contribution in [0.4, 0.5) is 0 Å². The molecule has 0 saturated heterocycles. The lowest BCUT2D eigenvalue weighted by Crippen LogP contribution is -2.46. The van der Waals surface area contributed by atoms with Gasteiger partial charge in [-0.25, -0.2) is 0 Å². The summed E-state index contributed by atoms with van der Waals surface area (Å²) in [7, 11) is -1.48. The van der Waals surface area contributed by atoms with E-state index < -0.39 is 8.07 Å². The highest BCUT2D eigenvalue weighted by molar-refractivity contribution is 6.96. The Morgan fingerprint density at radius 1 is 1.17 bits per heavy atom. The Morgan fingerprint density at radius 2 is 1.83 bits per heavy atom. The van der Waals surface area contributed by atoms with E-state index in [2.05, 4.69) is 69.8 Å². The Morgan fingerprint density at radius 3 is 2.39 bits per heavy atom. The third kappa shape index (κ3) is 2.24. The van der Waals surface area contributed by atoms with Crippen LogP contribution in [0.5, 0.6) is 0 Å². The van der Waals surface area contributed by atoms with E-state index in [1.165, 1.54) is 12.5 Å². The van der Waals surface area contributed by atoms with Crippen LogP contribution in [-0.2, 0) is 0 Å². The van der Waals surface area contributed by atoms with Crippen LogP contribution in [0, 0.1) is 5.92 Å². The van der Waals surface area contributed by atoms with Crippen molar-refractivity contribution in [1.29, 1.82) is 0 Å². The summed E-state index contributed by atoms with van der Waals surface area (Å²) in [5.41, 5.74) is 1.61. The van der Waals surface area contributed by atoms with Gasteiger partial charge in [-0.15, -0.1) is 0 Å². The molecule has 0 aromatic heterocycles. The second-order valence-electron chi connectivity index (χ2n) is 5.75. The Labute approximate surface area is 112 Å². The van der Waals surface area contributed by atoms with Gasteiger partial charge in [0.15, 0.2) is 0 Å². The molecule has 18 heavy (non-hydrogen) atoms. The first-order valence-corrected chi connectivity index (χ1v) is 9.76. The first-order chi connectivity index (χ1) is 8.59. The second kappa shape index (κ2) is 5.27. The Bertz CT molecular complexity index is 468. The maximum absolute atomic E-state index is 2.53. The van der Waals surface area contributed by atoms with Crippen molar-refractivity contribution in [2.75, 3.05) is 0 Å². The fourth-order valence-corrected chi connectivity index (χ4v) is 6.69. The first kappa shape index (κ1) is 13.4. The van der Waals surface area contributed by atoms with Crippen LogP contribution in [0.1, 0.15) is 27.2 Å². The van der Waals surface area contributed by atoms with E-state index in [0.717, 1.165) is 0 Å². The highest BCUT2D eigenvalue weighted by Gasteiger charge is 2.34. The second-order valence-corrected chi connectivity index (χ2v) is 10.3. The van der Waals surface area contributed by atoms with E-state index in [1.807, 2.05) is 0 Å². The predicted molar refractivity (Wildman–Crippen MR) is 83.8 cm³/mol. The van der Waals surface area contributed by atoms with Crippen molar-refractivity contribution in [3.63, 3.8) is 0 Å². The Balaban J connectivity index is 2.49. The van der Waals surface area contributed by atoms with Crippen LogP contribution in [0.15, 0.2) is 53.3 Å². The summed E-state index contributed by atoms with van der Waals surface area (Å²) in [6.07, 6.45) is 5.90. The van der Waals surface area contributed by atoms with Gasteiger partial charge in [0, 0.05) is 0 Å². The van der Waals surface area contributed by atoms with Gasteiger partial charge < -0.3 is 0 Å². The molecule has 1 atom stereocenters. The molecule has 0 nitrogen and oxygen atoms in total. The van der Waals surface area contributed by atoms with E-state index in [4.69, 9.17) is 0 Å². The van der Waals surface area contributed by atoms with Gasteiger partial charge in [0.25, 0.3) is 0 Å². The molecule has 0 N–H and O–H groups in total. The maximum atomic E-state index is 2.53.